The number of carbonyl (C=O) groups is 2. The van der Waals surface area contributed by atoms with Crippen molar-refractivity contribution in [1.82, 2.24) is 9.97 Å². The molecule has 2 rings (SSSR count). The first-order valence-electron chi connectivity index (χ1n) is 5.85. The fourth-order valence-electron chi connectivity index (χ4n) is 1.47. The molecule has 0 unspecified atom stereocenters. The number of thiazole rings is 1. The molecule has 20 heavy (non-hydrogen) atoms. The van der Waals surface area contributed by atoms with Gasteiger partial charge in [0, 0.05) is 5.38 Å². The second kappa shape index (κ2) is 6.71. The van der Waals surface area contributed by atoms with Gasteiger partial charge in [-0.05, 0) is 19.1 Å². The van der Waals surface area contributed by atoms with Crippen LogP contribution in [0.25, 0.3) is 10.7 Å². The van der Waals surface area contributed by atoms with Gasteiger partial charge in [-0.3, -0.25) is 4.79 Å². The summed E-state index contributed by atoms with van der Waals surface area (Å²) >= 11 is 4.40. The Morgan fingerprint density at radius 2 is 2.10 bits per heavy atom. The van der Waals surface area contributed by atoms with Crippen molar-refractivity contribution in [2.75, 3.05) is 11.9 Å². The molecule has 0 amide bonds. The van der Waals surface area contributed by atoms with Crippen LogP contribution in [-0.4, -0.2) is 33.7 Å². The molecule has 0 spiro atoms. The highest BCUT2D eigenvalue weighted by Crippen LogP contribution is 2.22. The van der Waals surface area contributed by atoms with Crippen molar-refractivity contribution in [1.29, 1.82) is 0 Å². The van der Waals surface area contributed by atoms with Crippen LogP contribution in [0.4, 0.5) is 0 Å². The Kier molecular flexibility index (Phi) is 4.97. The molecule has 0 fully saturated rings. The molecule has 7 heteroatoms. The number of rotatable bonds is 5. The van der Waals surface area contributed by atoms with Gasteiger partial charge in [0.05, 0.1) is 17.6 Å². The predicted molar refractivity (Wildman–Crippen MR) is 79.4 cm³/mol. The summed E-state index contributed by atoms with van der Waals surface area (Å²) in [5.41, 5.74) is 1.19. The molecule has 0 atom stereocenters. The van der Waals surface area contributed by atoms with Crippen molar-refractivity contribution < 1.29 is 14.3 Å². The highest BCUT2D eigenvalue weighted by atomic mass is 79.9. The molecule has 0 aromatic carbocycles. The Hall–Kier alpha value is -1.60. The topological polar surface area (TPSA) is 69.2 Å². The first-order valence-corrected chi connectivity index (χ1v) is 7.85. The van der Waals surface area contributed by atoms with Gasteiger partial charge >= 0.3 is 5.97 Å². The number of halogens is 1. The van der Waals surface area contributed by atoms with Crippen molar-refractivity contribution in [3.8, 4) is 10.7 Å². The van der Waals surface area contributed by atoms with E-state index in [1.165, 1.54) is 11.3 Å². The number of Topliss-reactive ketones (excluding diaryl/α,β-unsaturated/α-hetero) is 1. The van der Waals surface area contributed by atoms with Gasteiger partial charge in [0.25, 0.3) is 0 Å². The fraction of sp³-hybridized carbons (Fsp3) is 0.231. The molecule has 0 radical (unpaired) electrons. The van der Waals surface area contributed by atoms with E-state index in [4.69, 9.17) is 4.74 Å². The fourth-order valence-corrected chi connectivity index (χ4v) is 2.51. The number of alkyl halides is 1. The van der Waals surface area contributed by atoms with Gasteiger partial charge in [-0.15, -0.1) is 11.3 Å². The Morgan fingerprint density at radius 1 is 1.30 bits per heavy atom. The minimum absolute atomic E-state index is 0.103. The minimum Gasteiger partial charge on any atom is -0.461 e. The van der Waals surface area contributed by atoms with Crippen LogP contribution in [-0.2, 0) is 4.74 Å². The zero-order chi connectivity index (χ0) is 14.5. The number of aromatic nitrogens is 2. The maximum absolute atomic E-state index is 11.6. The van der Waals surface area contributed by atoms with Crippen LogP contribution in [0.5, 0.6) is 0 Å². The Bertz CT molecular complexity index is 642. The quantitative estimate of drug-likeness (QED) is 0.469. The number of ketones is 1. The van der Waals surface area contributed by atoms with E-state index >= 15 is 0 Å². The molecule has 0 aliphatic heterocycles. The summed E-state index contributed by atoms with van der Waals surface area (Å²) in [6, 6.07) is 5.13. The molecule has 2 aromatic rings. The van der Waals surface area contributed by atoms with Crippen LogP contribution in [0.2, 0.25) is 0 Å². The average molecular weight is 355 g/mol. The highest BCUT2D eigenvalue weighted by molar-refractivity contribution is 9.09. The molecule has 2 aromatic heterocycles. The van der Waals surface area contributed by atoms with E-state index in [1.54, 1.807) is 30.5 Å². The molecule has 104 valence electrons. The molecule has 0 N–H and O–H groups in total. The number of hydrogen-bond acceptors (Lipinski definition) is 6. The lowest BCUT2D eigenvalue weighted by Gasteiger charge is -1.99. The van der Waals surface area contributed by atoms with E-state index in [-0.39, 0.29) is 16.8 Å². The van der Waals surface area contributed by atoms with Crippen molar-refractivity contribution in [2.45, 2.75) is 6.92 Å². The van der Waals surface area contributed by atoms with E-state index in [2.05, 4.69) is 25.9 Å². The van der Waals surface area contributed by atoms with Crippen molar-refractivity contribution >= 4 is 39.0 Å². The summed E-state index contributed by atoms with van der Waals surface area (Å²) in [5, 5.41) is 2.42. The minimum atomic E-state index is -0.456. The molecule has 0 saturated heterocycles. The summed E-state index contributed by atoms with van der Waals surface area (Å²) < 4.78 is 4.88. The highest BCUT2D eigenvalue weighted by Gasteiger charge is 2.14. The van der Waals surface area contributed by atoms with Crippen LogP contribution >= 0.6 is 27.3 Å². The van der Waals surface area contributed by atoms with Crippen LogP contribution in [0, 0.1) is 0 Å². The lowest BCUT2D eigenvalue weighted by molar-refractivity contribution is 0.0520. The van der Waals surface area contributed by atoms with E-state index in [0.717, 1.165) is 0 Å². The number of nitrogens with zero attached hydrogens (tertiary/aromatic N) is 2. The van der Waals surface area contributed by atoms with Gasteiger partial charge in [0.2, 0.25) is 0 Å². The van der Waals surface area contributed by atoms with E-state index in [9.17, 15) is 9.59 Å². The molecule has 0 aliphatic carbocycles. The summed E-state index contributed by atoms with van der Waals surface area (Å²) in [5.74, 6) is -0.559. The molecular formula is C13H11BrN2O3S. The zero-order valence-corrected chi connectivity index (χ0v) is 13.0. The number of carbonyl (C=O) groups excluding carboxylic acids is 2. The Morgan fingerprint density at radius 3 is 2.80 bits per heavy atom. The summed E-state index contributed by atoms with van der Waals surface area (Å²) in [6.07, 6.45) is 0. The molecule has 5 nitrogen and oxygen atoms in total. The molecule has 0 bridgehead atoms. The first kappa shape index (κ1) is 14.8. The molecule has 2 heterocycles. The normalized spacial score (nSPS) is 10.3. The lowest BCUT2D eigenvalue weighted by Crippen LogP contribution is -2.05. The third-order valence-electron chi connectivity index (χ3n) is 2.36. The van der Waals surface area contributed by atoms with Crippen LogP contribution in [0.1, 0.15) is 27.9 Å². The second-order valence-corrected chi connectivity index (χ2v) is 5.14. The number of esters is 1. The largest absolute Gasteiger partial charge is 0.461 e. The first-order chi connectivity index (χ1) is 9.65. The average Bonchev–Trinajstić information content (AvgIpc) is 2.97. The van der Waals surface area contributed by atoms with E-state index < -0.39 is 5.97 Å². The summed E-state index contributed by atoms with van der Waals surface area (Å²) in [4.78, 5) is 31.6. The van der Waals surface area contributed by atoms with Gasteiger partial charge in [0.1, 0.15) is 10.7 Å². The summed E-state index contributed by atoms with van der Waals surface area (Å²) in [7, 11) is 0. The SMILES string of the molecule is CCOC(=O)c1csc(-c2cccc(C(=O)CBr)n2)n1. The number of pyridine rings is 1. The number of hydrogen-bond donors (Lipinski definition) is 0. The third-order valence-corrected chi connectivity index (χ3v) is 3.74. The third kappa shape index (κ3) is 3.29. The van der Waals surface area contributed by atoms with Gasteiger partial charge in [0.15, 0.2) is 11.5 Å². The van der Waals surface area contributed by atoms with Gasteiger partial charge in [-0.2, -0.15) is 0 Å². The maximum Gasteiger partial charge on any atom is 0.357 e. The lowest BCUT2D eigenvalue weighted by atomic mass is 10.2. The zero-order valence-electron chi connectivity index (χ0n) is 10.6. The van der Waals surface area contributed by atoms with E-state index in [1.807, 2.05) is 0 Å². The predicted octanol–water partition coefficient (Wildman–Crippen LogP) is 2.96. The molecular weight excluding hydrogens is 344 g/mol. The van der Waals surface area contributed by atoms with Crippen molar-refractivity contribution in [3.63, 3.8) is 0 Å². The second-order valence-electron chi connectivity index (χ2n) is 3.72. The van der Waals surface area contributed by atoms with Crippen molar-refractivity contribution in [2.24, 2.45) is 0 Å². The molecule has 0 saturated carbocycles. The van der Waals surface area contributed by atoms with Crippen LogP contribution in [0.15, 0.2) is 23.6 Å². The standard InChI is InChI=1S/C13H11BrN2O3S/c1-2-19-13(18)10-7-20-12(16-10)9-5-3-4-8(15-9)11(17)6-14/h3-5,7H,2,6H2,1H3. The maximum atomic E-state index is 11.6. The van der Waals surface area contributed by atoms with Gasteiger partial charge in [-0.25, -0.2) is 14.8 Å². The van der Waals surface area contributed by atoms with Gasteiger partial charge in [-0.1, -0.05) is 22.0 Å². The monoisotopic (exact) mass is 354 g/mol. The Labute approximate surface area is 128 Å². The summed E-state index contributed by atoms with van der Waals surface area (Å²) in [6.45, 7) is 2.04. The van der Waals surface area contributed by atoms with Crippen LogP contribution < -0.4 is 0 Å². The van der Waals surface area contributed by atoms with Crippen molar-refractivity contribution in [3.05, 3.63) is 35.0 Å². The number of ether oxygens (including phenoxy) is 1. The van der Waals surface area contributed by atoms with Gasteiger partial charge < -0.3 is 4.74 Å². The smallest absolute Gasteiger partial charge is 0.357 e. The molecule has 0 aliphatic rings. The Balaban J connectivity index is 2.28. The van der Waals surface area contributed by atoms with E-state index in [0.29, 0.717) is 23.0 Å². The van der Waals surface area contributed by atoms with Crippen LogP contribution in [0.3, 0.4) is 0 Å².